The first-order valence-corrected chi connectivity index (χ1v) is 6.28. The van der Waals surface area contributed by atoms with Gasteiger partial charge in [-0.15, -0.1) is 11.3 Å². The van der Waals surface area contributed by atoms with Crippen LogP contribution < -0.4 is 5.32 Å². The molecular weight excluding hydrogens is 266 g/mol. The number of rotatable bonds is 4. The fourth-order valence-corrected chi connectivity index (χ4v) is 2.31. The van der Waals surface area contributed by atoms with E-state index in [1.165, 1.54) is 6.20 Å². The van der Waals surface area contributed by atoms with Crippen molar-refractivity contribution in [2.45, 2.75) is 13.5 Å². The Morgan fingerprint density at radius 3 is 2.79 bits per heavy atom. The average molecular weight is 277 g/mol. The zero-order valence-electron chi connectivity index (χ0n) is 10.1. The molecule has 0 saturated heterocycles. The minimum Gasteiger partial charge on any atom is -0.477 e. The van der Waals surface area contributed by atoms with Crippen LogP contribution in [-0.4, -0.2) is 27.0 Å². The summed E-state index contributed by atoms with van der Waals surface area (Å²) in [4.78, 5) is 30.8. The molecule has 2 rings (SSSR count). The molecule has 0 bridgehead atoms. The lowest BCUT2D eigenvalue weighted by Gasteiger charge is -2.01. The number of carbonyl (C=O) groups is 2. The number of carboxylic acid groups (broad SMARTS) is 1. The zero-order chi connectivity index (χ0) is 13.8. The number of aromatic carboxylic acids is 1. The Morgan fingerprint density at radius 2 is 2.21 bits per heavy atom. The molecular formula is C12H11N3O3S. The molecule has 0 fully saturated rings. The van der Waals surface area contributed by atoms with E-state index in [9.17, 15) is 9.59 Å². The average Bonchev–Trinajstić information content (AvgIpc) is 2.78. The van der Waals surface area contributed by atoms with Crippen LogP contribution in [0, 0.1) is 6.92 Å². The fraction of sp³-hybridized carbons (Fsp3) is 0.167. The van der Waals surface area contributed by atoms with Crippen molar-refractivity contribution in [3.63, 3.8) is 0 Å². The first-order valence-electron chi connectivity index (χ1n) is 5.46. The quantitative estimate of drug-likeness (QED) is 0.883. The van der Waals surface area contributed by atoms with Gasteiger partial charge in [-0.2, -0.15) is 0 Å². The molecule has 98 valence electrons. The monoisotopic (exact) mass is 277 g/mol. The maximum Gasteiger partial charge on any atom is 0.347 e. The molecule has 1 amide bonds. The minimum absolute atomic E-state index is 0.189. The third kappa shape index (κ3) is 3.14. The number of nitrogens with zero attached hydrogens (tertiary/aromatic N) is 2. The van der Waals surface area contributed by atoms with Gasteiger partial charge < -0.3 is 10.4 Å². The fourth-order valence-electron chi connectivity index (χ4n) is 1.47. The lowest BCUT2D eigenvalue weighted by molar-refractivity contribution is 0.0701. The standard InChI is InChI=1S/C12H11N3O3S/c1-7-10(12(17)18)19-9(15-7)6-14-11(16)8-4-2-3-5-13-8/h2-5H,6H2,1H3,(H,14,16)(H,17,18). The summed E-state index contributed by atoms with van der Waals surface area (Å²) in [5.74, 6) is -1.32. The van der Waals surface area contributed by atoms with Crippen LogP contribution in [0.5, 0.6) is 0 Å². The predicted molar refractivity (Wildman–Crippen MR) is 69.2 cm³/mol. The van der Waals surface area contributed by atoms with Crippen molar-refractivity contribution in [1.29, 1.82) is 0 Å². The van der Waals surface area contributed by atoms with Crippen molar-refractivity contribution in [2.24, 2.45) is 0 Å². The van der Waals surface area contributed by atoms with Gasteiger partial charge in [0.25, 0.3) is 5.91 Å². The molecule has 0 unspecified atom stereocenters. The summed E-state index contributed by atoms with van der Waals surface area (Å²) in [6, 6.07) is 5.04. The molecule has 0 spiro atoms. The third-order valence-corrected chi connectivity index (χ3v) is 3.48. The number of amides is 1. The molecule has 19 heavy (non-hydrogen) atoms. The van der Waals surface area contributed by atoms with Crippen LogP contribution in [0.4, 0.5) is 0 Å². The van der Waals surface area contributed by atoms with E-state index in [0.29, 0.717) is 16.4 Å². The Balaban J connectivity index is 2.01. The molecule has 0 aromatic carbocycles. The smallest absolute Gasteiger partial charge is 0.347 e. The highest BCUT2D eigenvalue weighted by atomic mass is 32.1. The van der Waals surface area contributed by atoms with Crippen molar-refractivity contribution in [3.05, 3.63) is 45.7 Å². The van der Waals surface area contributed by atoms with Crippen molar-refractivity contribution in [3.8, 4) is 0 Å². The van der Waals surface area contributed by atoms with Crippen molar-refractivity contribution >= 4 is 23.2 Å². The highest BCUT2D eigenvalue weighted by molar-refractivity contribution is 7.13. The third-order valence-electron chi connectivity index (χ3n) is 2.33. The van der Waals surface area contributed by atoms with Gasteiger partial charge in [0.15, 0.2) is 0 Å². The van der Waals surface area contributed by atoms with Gasteiger partial charge >= 0.3 is 5.97 Å². The van der Waals surface area contributed by atoms with Crippen LogP contribution in [0.3, 0.4) is 0 Å². The van der Waals surface area contributed by atoms with Crippen LogP contribution in [-0.2, 0) is 6.54 Å². The van der Waals surface area contributed by atoms with Crippen LogP contribution >= 0.6 is 11.3 Å². The Bertz CT molecular complexity index is 610. The van der Waals surface area contributed by atoms with Crippen molar-refractivity contribution in [2.75, 3.05) is 0 Å². The van der Waals surface area contributed by atoms with Gasteiger partial charge in [-0.25, -0.2) is 9.78 Å². The van der Waals surface area contributed by atoms with E-state index in [1.807, 2.05) is 0 Å². The summed E-state index contributed by atoms with van der Waals surface area (Å²) in [6.07, 6.45) is 1.53. The first-order chi connectivity index (χ1) is 9.08. The summed E-state index contributed by atoms with van der Waals surface area (Å²) < 4.78 is 0. The molecule has 6 nitrogen and oxygen atoms in total. The van der Waals surface area contributed by atoms with Gasteiger partial charge in [-0.3, -0.25) is 9.78 Å². The number of carbonyl (C=O) groups excluding carboxylic acids is 1. The predicted octanol–water partition coefficient (Wildman–Crippen LogP) is 1.47. The molecule has 0 radical (unpaired) electrons. The molecule has 2 N–H and O–H groups in total. The summed E-state index contributed by atoms with van der Waals surface area (Å²) in [5, 5.41) is 12.1. The second kappa shape index (κ2) is 5.57. The number of nitrogens with one attached hydrogen (secondary N) is 1. The second-order valence-electron chi connectivity index (χ2n) is 3.72. The van der Waals surface area contributed by atoms with Gasteiger partial charge in [0, 0.05) is 6.20 Å². The lowest BCUT2D eigenvalue weighted by Crippen LogP contribution is -2.23. The molecule has 2 aromatic rings. The van der Waals surface area contributed by atoms with E-state index in [0.717, 1.165) is 11.3 Å². The summed E-state index contributed by atoms with van der Waals surface area (Å²) in [7, 11) is 0. The minimum atomic E-state index is -1.00. The van der Waals surface area contributed by atoms with Crippen LogP contribution in [0.1, 0.15) is 30.9 Å². The van der Waals surface area contributed by atoms with E-state index < -0.39 is 5.97 Å². The van der Waals surface area contributed by atoms with Gasteiger partial charge in [-0.1, -0.05) is 6.07 Å². The SMILES string of the molecule is Cc1nc(CNC(=O)c2ccccn2)sc1C(=O)O. The van der Waals surface area contributed by atoms with Crippen molar-refractivity contribution in [1.82, 2.24) is 15.3 Å². The van der Waals surface area contributed by atoms with Gasteiger partial charge in [-0.05, 0) is 19.1 Å². The molecule has 2 aromatic heterocycles. The zero-order valence-corrected chi connectivity index (χ0v) is 10.9. The number of carboxylic acids is 1. The lowest BCUT2D eigenvalue weighted by atomic mass is 10.3. The Labute approximate surface area is 113 Å². The van der Waals surface area contributed by atoms with E-state index in [2.05, 4.69) is 15.3 Å². The normalized spacial score (nSPS) is 10.2. The topological polar surface area (TPSA) is 92.2 Å². The Morgan fingerprint density at radius 1 is 1.42 bits per heavy atom. The first kappa shape index (κ1) is 13.2. The largest absolute Gasteiger partial charge is 0.477 e. The highest BCUT2D eigenvalue weighted by Crippen LogP contribution is 2.17. The molecule has 7 heteroatoms. The molecule has 0 atom stereocenters. The van der Waals surface area contributed by atoms with Crippen molar-refractivity contribution < 1.29 is 14.7 Å². The number of aromatic nitrogens is 2. The van der Waals surface area contributed by atoms with E-state index in [4.69, 9.17) is 5.11 Å². The summed E-state index contributed by atoms with van der Waals surface area (Å²) >= 11 is 1.06. The maximum absolute atomic E-state index is 11.7. The number of hydrogen-bond acceptors (Lipinski definition) is 5. The molecule has 0 aliphatic carbocycles. The molecule has 0 saturated carbocycles. The van der Waals surface area contributed by atoms with Crippen LogP contribution in [0.2, 0.25) is 0 Å². The van der Waals surface area contributed by atoms with E-state index >= 15 is 0 Å². The van der Waals surface area contributed by atoms with Gasteiger partial charge in [0.05, 0.1) is 12.2 Å². The van der Waals surface area contributed by atoms with Crippen LogP contribution in [0.25, 0.3) is 0 Å². The van der Waals surface area contributed by atoms with Gasteiger partial charge in [0.2, 0.25) is 0 Å². The van der Waals surface area contributed by atoms with Crippen LogP contribution in [0.15, 0.2) is 24.4 Å². The van der Waals surface area contributed by atoms with E-state index in [-0.39, 0.29) is 17.3 Å². The molecule has 0 aliphatic heterocycles. The molecule has 0 aliphatic rings. The molecule has 2 heterocycles. The van der Waals surface area contributed by atoms with Gasteiger partial charge in [0.1, 0.15) is 15.6 Å². The number of thiazole rings is 1. The Kier molecular flexibility index (Phi) is 3.86. The summed E-state index contributed by atoms with van der Waals surface area (Å²) in [6.45, 7) is 1.82. The number of hydrogen-bond donors (Lipinski definition) is 2. The highest BCUT2D eigenvalue weighted by Gasteiger charge is 2.14. The maximum atomic E-state index is 11.7. The second-order valence-corrected chi connectivity index (χ2v) is 4.81. The Hall–Kier alpha value is -2.28. The summed E-state index contributed by atoms with van der Waals surface area (Å²) in [5.41, 5.74) is 0.772. The number of aryl methyl sites for hydroxylation is 1. The van der Waals surface area contributed by atoms with E-state index in [1.54, 1.807) is 25.1 Å². The number of pyridine rings is 1.